The first-order valence-corrected chi connectivity index (χ1v) is 7.19. The number of hydrogen-bond acceptors (Lipinski definition) is 2. The zero-order valence-electron chi connectivity index (χ0n) is 12.0. The highest BCUT2D eigenvalue weighted by Crippen LogP contribution is 2.32. The molecule has 1 aromatic rings. The van der Waals surface area contributed by atoms with Crippen LogP contribution in [0.3, 0.4) is 0 Å². The Morgan fingerprint density at radius 2 is 1.79 bits per heavy atom. The van der Waals surface area contributed by atoms with Gasteiger partial charge < -0.3 is 10.2 Å². The van der Waals surface area contributed by atoms with Gasteiger partial charge in [-0.05, 0) is 50.6 Å². The highest BCUT2D eigenvalue weighted by atomic mass is 16.2. The summed E-state index contributed by atoms with van der Waals surface area (Å²) in [6.07, 6.45) is 6.71. The van der Waals surface area contributed by atoms with E-state index in [2.05, 4.69) is 17.4 Å². The van der Waals surface area contributed by atoms with Crippen molar-refractivity contribution in [1.82, 2.24) is 4.90 Å². The monoisotopic (exact) mass is 260 g/mol. The summed E-state index contributed by atoms with van der Waals surface area (Å²) in [5.41, 5.74) is 2.32. The molecule has 0 atom stereocenters. The molecule has 19 heavy (non-hydrogen) atoms. The molecule has 1 aliphatic rings. The SMILES string of the molecule is CN(C)CC(=O)Nc1ccc(C2CCCCC2)cc1. The quantitative estimate of drug-likeness (QED) is 0.901. The Hall–Kier alpha value is -1.35. The predicted octanol–water partition coefficient (Wildman–Crippen LogP) is 3.23. The second-order valence-electron chi connectivity index (χ2n) is 5.74. The van der Waals surface area contributed by atoms with Gasteiger partial charge in [0.05, 0.1) is 6.54 Å². The van der Waals surface area contributed by atoms with Crippen molar-refractivity contribution in [3.8, 4) is 0 Å². The van der Waals surface area contributed by atoms with Crippen LogP contribution in [0.1, 0.15) is 43.6 Å². The molecular weight excluding hydrogens is 236 g/mol. The molecule has 0 unspecified atom stereocenters. The van der Waals surface area contributed by atoms with Crippen LogP contribution in [0, 0.1) is 0 Å². The molecule has 3 nitrogen and oxygen atoms in total. The van der Waals surface area contributed by atoms with Crippen molar-refractivity contribution in [1.29, 1.82) is 0 Å². The van der Waals surface area contributed by atoms with E-state index in [-0.39, 0.29) is 5.91 Å². The number of anilines is 1. The van der Waals surface area contributed by atoms with Gasteiger partial charge in [0.1, 0.15) is 0 Å². The van der Waals surface area contributed by atoms with E-state index in [9.17, 15) is 4.79 Å². The first-order valence-electron chi connectivity index (χ1n) is 7.19. The van der Waals surface area contributed by atoms with Crippen LogP contribution in [0.4, 0.5) is 5.69 Å². The van der Waals surface area contributed by atoms with Crippen molar-refractivity contribution >= 4 is 11.6 Å². The van der Waals surface area contributed by atoms with Crippen molar-refractivity contribution in [2.45, 2.75) is 38.0 Å². The summed E-state index contributed by atoms with van der Waals surface area (Å²) < 4.78 is 0. The number of carbonyl (C=O) groups excluding carboxylic acids is 1. The molecule has 1 amide bonds. The molecule has 1 saturated carbocycles. The minimum atomic E-state index is 0.0374. The van der Waals surface area contributed by atoms with E-state index in [1.54, 1.807) is 0 Å². The Labute approximate surface area is 116 Å². The van der Waals surface area contributed by atoms with E-state index >= 15 is 0 Å². The second-order valence-corrected chi connectivity index (χ2v) is 5.74. The number of rotatable bonds is 4. The Balaban J connectivity index is 1.92. The summed E-state index contributed by atoms with van der Waals surface area (Å²) in [7, 11) is 3.79. The molecular formula is C16H24N2O. The van der Waals surface area contributed by atoms with Gasteiger partial charge in [0.2, 0.25) is 5.91 Å². The maximum atomic E-state index is 11.7. The van der Waals surface area contributed by atoms with Crippen LogP contribution in [0.2, 0.25) is 0 Å². The lowest BCUT2D eigenvalue weighted by atomic mass is 9.84. The number of benzene rings is 1. The van der Waals surface area contributed by atoms with Gasteiger partial charge in [-0.1, -0.05) is 31.4 Å². The number of carbonyl (C=O) groups is 1. The molecule has 1 N–H and O–H groups in total. The molecule has 0 saturated heterocycles. The molecule has 0 aliphatic heterocycles. The summed E-state index contributed by atoms with van der Waals surface area (Å²) in [5, 5.41) is 2.92. The summed E-state index contributed by atoms with van der Waals surface area (Å²) in [4.78, 5) is 13.5. The van der Waals surface area contributed by atoms with E-state index in [4.69, 9.17) is 0 Å². The van der Waals surface area contributed by atoms with Crippen molar-refractivity contribution in [2.24, 2.45) is 0 Å². The normalized spacial score (nSPS) is 16.6. The molecule has 0 bridgehead atoms. The minimum Gasteiger partial charge on any atom is -0.325 e. The molecule has 2 rings (SSSR count). The van der Waals surface area contributed by atoms with Crippen molar-refractivity contribution < 1.29 is 4.79 Å². The van der Waals surface area contributed by atoms with Crippen LogP contribution < -0.4 is 5.32 Å². The highest BCUT2D eigenvalue weighted by Gasteiger charge is 2.15. The number of nitrogens with zero attached hydrogens (tertiary/aromatic N) is 1. The van der Waals surface area contributed by atoms with Gasteiger partial charge >= 0.3 is 0 Å². The largest absolute Gasteiger partial charge is 0.325 e. The van der Waals surface area contributed by atoms with Gasteiger partial charge in [0.15, 0.2) is 0 Å². The van der Waals surface area contributed by atoms with Gasteiger partial charge in [0, 0.05) is 5.69 Å². The van der Waals surface area contributed by atoms with Gasteiger partial charge in [-0.2, -0.15) is 0 Å². The average Bonchev–Trinajstić information content (AvgIpc) is 2.39. The van der Waals surface area contributed by atoms with Crippen LogP contribution in [0.5, 0.6) is 0 Å². The third kappa shape index (κ3) is 4.35. The number of hydrogen-bond donors (Lipinski definition) is 1. The molecule has 1 aliphatic carbocycles. The molecule has 0 spiro atoms. The Bertz CT molecular complexity index is 405. The second kappa shape index (κ2) is 6.71. The van der Waals surface area contributed by atoms with Crippen molar-refractivity contribution in [3.05, 3.63) is 29.8 Å². The maximum Gasteiger partial charge on any atom is 0.238 e. The lowest BCUT2D eigenvalue weighted by molar-refractivity contribution is -0.116. The molecule has 0 radical (unpaired) electrons. The zero-order chi connectivity index (χ0) is 13.7. The Kier molecular flexibility index (Phi) is 4.97. The smallest absolute Gasteiger partial charge is 0.238 e. The minimum absolute atomic E-state index is 0.0374. The van der Waals surface area contributed by atoms with E-state index < -0.39 is 0 Å². The molecule has 3 heteroatoms. The lowest BCUT2D eigenvalue weighted by Crippen LogP contribution is -2.27. The highest BCUT2D eigenvalue weighted by molar-refractivity contribution is 5.92. The molecule has 104 valence electrons. The number of amides is 1. The first-order chi connectivity index (χ1) is 9.15. The van der Waals surface area contributed by atoms with Crippen LogP contribution in [-0.4, -0.2) is 31.4 Å². The lowest BCUT2D eigenvalue weighted by Gasteiger charge is -2.22. The molecule has 0 aromatic heterocycles. The fraction of sp³-hybridized carbons (Fsp3) is 0.562. The Morgan fingerprint density at radius 1 is 1.16 bits per heavy atom. The standard InChI is InChI=1S/C16H24N2O/c1-18(2)12-16(19)17-15-10-8-14(9-11-15)13-6-4-3-5-7-13/h8-11,13H,3-7,12H2,1-2H3,(H,17,19). The van der Waals surface area contributed by atoms with E-state index in [0.29, 0.717) is 6.54 Å². The van der Waals surface area contributed by atoms with Gasteiger partial charge in [0.25, 0.3) is 0 Å². The van der Waals surface area contributed by atoms with Crippen LogP contribution >= 0.6 is 0 Å². The Morgan fingerprint density at radius 3 is 2.37 bits per heavy atom. The summed E-state index contributed by atoms with van der Waals surface area (Å²) in [5.74, 6) is 0.760. The summed E-state index contributed by atoms with van der Waals surface area (Å²) in [6.45, 7) is 0.421. The van der Waals surface area contributed by atoms with E-state index in [1.165, 1.54) is 37.7 Å². The van der Waals surface area contributed by atoms with Crippen LogP contribution in [-0.2, 0) is 4.79 Å². The molecule has 1 aromatic carbocycles. The zero-order valence-corrected chi connectivity index (χ0v) is 12.0. The van der Waals surface area contributed by atoms with Gasteiger partial charge in [-0.25, -0.2) is 0 Å². The third-order valence-electron chi connectivity index (χ3n) is 3.73. The fourth-order valence-corrected chi connectivity index (χ4v) is 2.76. The number of likely N-dealkylation sites (N-methyl/N-ethyl adjacent to an activating group) is 1. The molecule has 1 fully saturated rings. The van der Waals surface area contributed by atoms with Crippen molar-refractivity contribution in [2.75, 3.05) is 26.0 Å². The summed E-state index contributed by atoms with van der Waals surface area (Å²) >= 11 is 0. The molecule has 0 heterocycles. The van der Waals surface area contributed by atoms with E-state index in [1.807, 2.05) is 31.1 Å². The van der Waals surface area contributed by atoms with Gasteiger partial charge in [-0.3, -0.25) is 4.79 Å². The van der Waals surface area contributed by atoms with E-state index in [0.717, 1.165) is 11.6 Å². The van der Waals surface area contributed by atoms with Crippen molar-refractivity contribution in [3.63, 3.8) is 0 Å². The topological polar surface area (TPSA) is 32.3 Å². The summed E-state index contributed by atoms with van der Waals surface area (Å²) in [6, 6.07) is 8.39. The van der Waals surface area contributed by atoms with Crippen LogP contribution in [0.15, 0.2) is 24.3 Å². The van der Waals surface area contributed by atoms with Crippen LogP contribution in [0.25, 0.3) is 0 Å². The fourth-order valence-electron chi connectivity index (χ4n) is 2.76. The maximum absolute atomic E-state index is 11.7. The van der Waals surface area contributed by atoms with Gasteiger partial charge in [-0.15, -0.1) is 0 Å². The predicted molar refractivity (Wildman–Crippen MR) is 79.5 cm³/mol. The average molecular weight is 260 g/mol. The first kappa shape index (κ1) is 14.1. The number of nitrogens with one attached hydrogen (secondary N) is 1. The third-order valence-corrected chi connectivity index (χ3v) is 3.73.